The van der Waals surface area contributed by atoms with Crippen molar-refractivity contribution in [3.63, 3.8) is 0 Å². The number of hydrogen-bond acceptors (Lipinski definition) is 4. The number of ether oxygens (including phenoxy) is 2. The van der Waals surface area contributed by atoms with E-state index in [4.69, 9.17) is 9.47 Å². The molecule has 2 aromatic carbocycles. The van der Waals surface area contributed by atoms with Crippen LogP contribution in [0.4, 0.5) is 0 Å². The summed E-state index contributed by atoms with van der Waals surface area (Å²) in [4.78, 5) is 24.4. The fraction of sp³-hybridized carbons (Fsp3) is 0.429. The van der Waals surface area contributed by atoms with Gasteiger partial charge in [-0.05, 0) is 57.0 Å². The molecule has 1 atom stereocenters. The fourth-order valence-electron chi connectivity index (χ4n) is 2.40. The number of carbonyl (C=O) groups is 2. The molecular formula is C21H26O4. The minimum atomic E-state index is -1.30. The lowest BCUT2D eigenvalue weighted by molar-refractivity contribution is -0.173. The minimum Gasteiger partial charge on any atom is -0.459 e. The van der Waals surface area contributed by atoms with E-state index in [0.29, 0.717) is 6.61 Å². The van der Waals surface area contributed by atoms with Crippen molar-refractivity contribution >= 4 is 22.5 Å². The van der Waals surface area contributed by atoms with E-state index in [1.54, 1.807) is 27.7 Å². The monoisotopic (exact) mass is 342 g/mol. The Hall–Kier alpha value is -2.20. The molecule has 0 aliphatic heterocycles. The average Bonchev–Trinajstić information content (AvgIpc) is 2.52. The van der Waals surface area contributed by atoms with E-state index in [-0.39, 0.29) is 12.4 Å². The van der Waals surface area contributed by atoms with E-state index < -0.39 is 17.0 Å². The van der Waals surface area contributed by atoms with Gasteiger partial charge in [-0.2, -0.15) is 0 Å². The topological polar surface area (TPSA) is 52.6 Å². The van der Waals surface area contributed by atoms with Gasteiger partial charge in [0.15, 0.2) is 0 Å². The maximum Gasteiger partial charge on any atom is 0.322 e. The molecule has 0 radical (unpaired) electrons. The van der Waals surface area contributed by atoms with Gasteiger partial charge in [-0.15, -0.1) is 0 Å². The lowest BCUT2D eigenvalue weighted by Crippen LogP contribution is -2.43. The molecule has 2 rings (SSSR count). The van der Waals surface area contributed by atoms with E-state index in [2.05, 4.69) is 6.07 Å². The van der Waals surface area contributed by atoms with Crippen LogP contribution in [0, 0.1) is 5.41 Å². The Kier molecular flexibility index (Phi) is 5.63. The number of ketones is 1. The van der Waals surface area contributed by atoms with Crippen molar-refractivity contribution in [3.8, 4) is 0 Å². The molecule has 0 fully saturated rings. The maximum absolute atomic E-state index is 12.4. The Morgan fingerprint density at radius 3 is 2.20 bits per heavy atom. The van der Waals surface area contributed by atoms with Crippen LogP contribution in [0.5, 0.6) is 0 Å². The summed E-state index contributed by atoms with van der Waals surface area (Å²) in [7, 11) is 0. The third-order valence-electron chi connectivity index (χ3n) is 4.10. The van der Waals surface area contributed by atoms with Gasteiger partial charge in [-0.25, -0.2) is 0 Å². The second-order valence-corrected chi connectivity index (χ2v) is 7.56. The second-order valence-electron chi connectivity index (χ2n) is 7.56. The standard InChI is InChI=1S/C21H26O4/c1-15(22)21(5,19(23)25-20(2,3)4)14-24-13-16-10-11-17-8-6-7-9-18(17)12-16/h6-12H,13-14H2,1-5H3. The summed E-state index contributed by atoms with van der Waals surface area (Å²) in [6, 6.07) is 14.1. The number of fused-ring (bicyclic) bond motifs is 1. The van der Waals surface area contributed by atoms with Gasteiger partial charge in [0, 0.05) is 0 Å². The molecule has 0 aliphatic carbocycles. The minimum absolute atomic E-state index is 0.00985. The fourth-order valence-corrected chi connectivity index (χ4v) is 2.40. The molecule has 0 bridgehead atoms. The highest BCUT2D eigenvalue weighted by Crippen LogP contribution is 2.25. The SMILES string of the molecule is CC(=O)C(C)(COCc1ccc2ccccc2c1)C(=O)OC(C)(C)C. The molecule has 4 heteroatoms. The molecule has 0 spiro atoms. The van der Waals surface area contributed by atoms with Crippen LogP contribution in [0.1, 0.15) is 40.2 Å². The van der Waals surface area contributed by atoms with Gasteiger partial charge >= 0.3 is 5.97 Å². The zero-order valence-corrected chi connectivity index (χ0v) is 15.6. The predicted molar refractivity (Wildman–Crippen MR) is 98.2 cm³/mol. The average molecular weight is 342 g/mol. The highest BCUT2D eigenvalue weighted by Gasteiger charge is 2.42. The van der Waals surface area contributed by atoms with Gasteiger partial charge in [-0.3, -0.25) is 9.59 Å². The largest absolute Gasteiger partial charge is 0.459 e. The Morgan fingerprint density at radius 1 is 0.960 bits per heavy atom. The molecule has 0 heterocycles. The molecule has 25 heavy (non-hydrogen) atoms. The van der Waals surface area contributed by atoms with Crippen molar-refractivity contribution in [1.29, 1.82) is 0 Å². The van der Waals surface area contributed by atoms with Crippen molar-refractivity contribution in [2.24, 2.45) is 5.41 Å². The van der Waals surface area contributed by atoms with E-state index in [1.165, 1.54) is 6.92 Å². The summed E-state index contributed by atoms with van der Waals surface area (Å²) in [5.41, 5.74) is -0.954. The second kappa shape index (κ2) is 7.36. The van der Waals surface area contributed by atoms with Crippen molar-refractivity contribution in [2.45, 2.75) is 46.8 Å². The number of hydrogen-bond donors (Lipinski definition) is 0. The van der Waals surface area contributed by atoms with Gasteiger partial charge in [-0.1, -0.05) is 36.4 Å². The summed E-state index contributed by atoms with van der Waals surface area (Å²) >= 11 is 0. The van der Waals surface area contributed by atoms with Gasteiger partial charge in [0.2, 0.25) is 0 Å². The first-order valence-electron chi connectivity index (χ1n) is 8.42. The van der Waals surface area contributed by atoms with Crippen molar-refractivity contribution in [3.05, 3.63) is 48.0 Å². The third-order valence-corrected chi connectivity index (χ3v) is 4.10. The summed E-state index contributed by atoms with van der Waals surface area (Å²) in [6.45, 7) is 8.62. The number of esters is 1. The van der Waals surface area contributed by atoms with E-state index in [1.807, 2.05) is 36.4 Å². The van der Waals surface area contributed by atoms with E-state index >= 15 is 0 Å². The van der Waals surface area contributed by atoms with Gasteiger partial charge in [0.25, 0.3) is 0 Å². The summed E-state index contributed by atoms with van der Waals surface area (Å²) in [5, 5.41) is 2.29. The molecule has 0 saturated carbocycles. The normalized spacial score (nSPS) is 14.1. The maximum atomic E-state index is 12.4. The van der Waals surface area contributed by atoms with Gasteiger partial charge in [0.05, 0.1) is 13.2 Å². The Labute approximate surface area is 149 Å². The van der Waals surface area contributed by atoms with Crippen molar-refractivity contribution < 1.29 is 19.1 Å². The third kappa shape index (κ3) is 4.89. The van der Waals surface area contributed by atoms with Crippen LogP contribution >= 0.6 is 0 Å². The van der Waals surface area contributed by atoms with Crippen molar-refractivity contribution in [1.82, 2.24) is 0 Å². The highest BCUT2D eigenvalue weighted by atomic mass is 16.6. The van der Waals surface area contributed by atoms with E-state index in [0.717, 1.165) is 16.3 Å². The molecule has 0 aliphatic rings. The first kappa shape index (κ1) is 19.1. The summed E-state index contributed by atoms with van der Waals surface area (Å²) in [5.74, 6) is -0.814. The lowest BCUT2D eigenvalue weighted by atomic mass is 9.87. The van der Waals surface area contributed by atoms with Crippen LogP contribution in [0.3, 0.4) is 0 Å². The zero-order valence-electron chi connectivity index (χ0n) is 15.6. The van der Waals surface area contributed by atoms with Crippen LogP contribution in [0.2, 0.25) is 0 Å². The Bertz CT molecular complexity index is 773. The molecule has 1 unspecified atom stereocenters. The Balaban J connectivity index is 2.05. The molecule has 4 nitrogen and oxygen atoms in total. The lowest BCUT2D eigenvalue weighted by Gasteiger charge is -2.29. The molecule has 0 aromatic heterocycles. The predicted octanol–water partition coefficient (Wildman–Crippen LogP) is 4.29. The number of rotatable bonds is 6. The Morgan fingerprint density at radius 2 is 1.60 bits per heavy atom. The smallest absolute Gasteiger partial charge is 0.322 e. The molecule has 0 N–H and O–H groups in total. The van der Waals surface area contributed by atoms with E-state index in [9.17, 15) is 9.59 Å². The van der Waals surface area contributed by atoms with Crippen LogP contribution in [-0.4, -0.2) is 24.0 Å². The zero-order chi connectivity index (χ0) is 18.7. The van der Waals surface area contributed by atoms with Gasteiger partial charge in [0.1, 0.15) is 16.8 Å². The molecule has 2 aromatic rings. The quantitative estimate of drug-likeness (QED) is 0.580. The van der Waals surface area contributed by atoms with Crippen molar-refractivity contribution in [2.75, 3.05) is 6.61 Å². The number of carbonyl (C=O) groups excluding carboxylic acids is 2. The summed E-state index contributed by atoms with van der Waals surface area (Å²) in [6.07, 6.45) is 0. The highest BCUT2D eigenvalue weighted by molar-refractivity contribution is 6.02. The first-order chi connectivity index (χ1) is 11.6. The van der Waals surface area contributed by atoms with Crippen LogP contribution < -0.4 is 0 Å². The molecule has 0 saturated heterocycles. The van der Waals surface area contributed by atoms with Crippen LogP contribution in [0.25, 0.3) is 10.8 Å². The summed E-state index contributed by atoms with van der Waals surface area (Å²) < 4.78 is 11.1. The molecular weight excluding hydrogens is 316 g/mol. The van der Waals surface area contributed by atoms with Gasteiger partial charge < -0.3 is 9.47 Å². The van der Waals surface area contributed by atoms with Crippen LogP contribution in [0.15, 0.2) is 42.5 Å². The van der Waals surface area contributed by atoms with Crippen LogP contribution in [-0.2, 0) is 25.7 Å². The molecule has 0 amide bonds. The molecule has 134 valence electrons. The number of Topliss-reactive ketones (excluding diaryl/α,β-unsaturated/α-hetero) is 1. The first-order valence-corrected chi connectivity index (χ1v) is 8.42. The number of benzene rings is 2.